The SMILES string of the molecule is CC(C)(C)c1cc(-c2ccccc2)c(N2c3cc(N4c5ccccc5C(C)(C)c5ccccc54)ccc3B3c4ccc(N5c6ccccc6C(C)(C)c6ccccc65)cc4Oc4cc(-c5ccc6c(c5)C5(c7ccccc7O6)c6ccccc6-c6ccccc65)cc2c43)c(-c2ccccc2)c1. The highest BCUT2D eigenvalue weighted by atomic mass is 16.5. The van der Waals surface area contributed by atoms with Gasteiger partial charge in [-0.15, -0.1) is 0 Å². The maximum absolute atomic E-state index is 7.90. The average molecular weight is 1300 g/mol. The second-order valence-corrected chi connectivity index (χ2v) is 30.3. The van der Waals surface area contributed by atoms with Gasteiger partial charge in [0.15, 0.2) is 0 Å². The van der Waals surface area contributed by atoms with Gasteiger partial charge in [0, 0.05) is 61.9 Å². The number of para-hydroxylation sites is 5. The Morgan fingerprint density at radius 1 is 0.287 bits per heavy atom. The van der Waals surface area contributed by atoms with Crippen LogP contribution in [-0.2, 0) is 21.7 Å². The lowest BCUT2D eigenvalue weighted by molar-refractivity contribution is 0.436. The molecule has 0 unspecified atom stereocenters. The predicted octanol–water partition coefficient (Wildman–Crippen LogP) is 23.1. The number of ether oxygens (including phenoxy) is 2. The van der Waals surface area contributed by atoms with Gasteiger partial charge in [0.2, 0.25) is 0 Å². The second-order valence-electron chi connectivity index (χ2n) is 30.3. The highest BCUT2D eigenvalue weighted by Crippen LogP contribution is 2.64. The average Bonchev–Trinajstić information content (AvgIpc) is 1.61. The molecule has 0 radical (unpaired) electrons. The van der Waals surface area contributed by atoms with Crippen molar-refractivity contribution in [2.45, 2.75) is 70.1 Å². The van der Waals surface area contributed by atoms with E-state index in [0.29, 0.717) is 0 Å². The Kier molecular flexibility index (Phi) is 12.7. The van der Waals surface area contributed by atoms with E-state index in [9.17, 15) is 0 Å². The van der Waals surface area contributed by atoms with E-state index >= 15 is 0 Å². The summed E-state index contributed by atoms with van der Waals surface area (Å²) >= 11 is 0. The Hall–Kier alpha value is -11.9. The van der Waals surface area contributed by atoms with Gasteiger partial charge in [-0.3, -0.25) is 0 Å². The predicted molar refractivity (Wildman–Crippen MR) is 418 cm³/mol. The minimum absolute atomic E-state index is 0.203. The fraction of sp³-hybridized carbons (Fsp3) is 0.116. The highest BCUT2D eigenvalue weighted by molar-refractivity contribution is 6.99. The molecule has 6 aliphatic rings. The largest absolute Gasteiger partial charge is 0.458 e. The Labute approximate surface area is 591 Å². The zero-order valence-corrected chi connectivity index (χ0v) is 57.7. The highest BCUT2D eigenvalue weighted by Gasteiger charge is 2.52. The Morgan fingerprint density at radius 2 is 0.733 bits per heavy atom. The van der Waals surface area contributed by atoms with Crippen molar-refractivity contribution in [3.05, 3.63) is 359 Å². The van der Waals surface area contributed by atoms with Gasteiger partial charge in [0.1, 0.15) is 23.0 Å². The monoisotopic (exact) mass is 1300 g/mol. The first kappa shape index (κ1) is 59.2. The van der Waals surface area contributed by atoms with Crippen molar-refractivity contribution < 1.29 is 9.47 Å². The van der Waals surface area contributed by atoms with Crippen molar-refractivity contribution in [1.82, 2.24) is 0 Å². The van der Waals surface area contributed by atoms with Gasteiger partial charge in [-0.1, -0.05) is 267 Å². The molecule has 1 aliphatic carbocycles. The fourth-order valence-electron chi connectivity index (χ4n) is 18.3. The molecule has 14 aromatic carbocycles. The van der Waals surface area contributed by atoms with Crippen molar-refractivity contribution in [2.24, 2.45) is 0 Å². The summed E-state index contributed by atoms with van der Waals surface area (Å²) in [6, 6.07) is 116. The van der Waals surface area contributed by atoms with Crippen molar-refractivity contribution in [3.63, 3.8) is 0 Å². The molecule has 1 spiro atoms. The topological polar surface area (TPSA) is 28.2 Å². The number of fused-ring (bicyclic) bond motifs is 17. The van der Waals surface area contributed by atoms with E-state index in [0.717, 1.165) is 118 Å². The molecule has 0 bridgehead atoms. The lowest BCUT2D eigenvalue weighted by Gasteiger charge is -2.44. The van der Waals surface area contributed by atoms with E-state index in [4.69, 9.17) is 9.47 Å². The summed E-state index contributed by atoms with van der Waals surface area (Å²) in [6.45, 7) is 16.2. The molecule has 14 aromatic rings. The maximum Gasteiger partial charge on any atom is 0.256 e. The quantitative estimate of drug-likeness (QED) is 0.155. The molecule has 0 saturated carbocycles. The molecule has 0 saturated heterocycles. The third-order valence-corrected chi connectivity index (χ3v) is 23.1. The third kappa shape index (κ3) is 8.46. The van der Waals surface area contributed by atoms with Crippen LogP contribution in [0.4, 0.5) is 51.2 Å². The van der Waals surface area contributed by atoms with Crippen LogP contribution >= 0.6 is 0 Å². The van der Waals surface area contributed by atoms with Crippen LogP contribution in [0.15, 0.2) is 309 Å². The second kappa shape index (κ2) is 21.6. The van der Waals surface area contributed by atoms with Crippen LogP contribution in [0.25, 0.3) is 44.5 Å². The number of hydrogen-bond donors (Lipinski definition) is 0. The molecular weight excluding hydrogens is 1230 g/mol. The summed E-state index contributed by atoms with van der Waals surface area (Å²) in [5.74, 6) is 3.34. The maximum atomic E-state index is 7.90. The molecular formula is C95H72BN3O2. The van der Waals surface area contributed by atoms with E-state index in [1.165, 1.54) is 66.9 Å². The lowest BCUT2D eigenvalue weighted by Crippen LogP contribution is -2.59. The minimum Gasteiger partial charge on any atom is -0.458 e. The molecule has 0 amide bonds. The van der Waals surface area contributed by atoms with Crippen LogP contribution in [0.1, 0.15) is 98.5 Å². The van der Waals surface area contributed by atoms with Crippen LogP contribution in [0.3, 0.4) is 0 Å². The van der Waals surface area contributed by atoms with Crippen LogP contribution in [0.2, 0.25) is 0 Å². The van der Waals surface area contributed by atoms with Crippen molar-refractivity contribution in [2.75, 3.05) is 14.7 Å². The molecule has 5 heterocycles. The van der Waals surface area contributed by atoms with Gasteiger partial charge in [-0.25, -0.2) is 0 Å². The van der Waals surface area contributed by atoms with Crippen LogP contribution in [0.5, 0.6) is 23.0 Å². The van der Waals surface area contributed by atoms with E-state index in [1.54, 1.807) is 0 Å². The van der Waals surface area contributed by atoms with Crippen molar-refractivity contribution in [1.29, 1.82) is 0 Å². The molecule has 6 heteroatoms. The zero-order valence-electron chi connectivity index (χ0n) is 57.7. The molecule has 101 heavy (non-hydrogen) atoms. The first-order chi connectivity index (χ1) is 49.2. The van der Waals surface area contributed by atoms with E-state index in [-0.39, 0.29) is 23.0 Å². The Morgan fingerprint density at radius 3 is 1.27 bits per heavy atom. The standard InChI is InChI=1S/C95H72BN3O2/c1-92(2,3)63-55-68(59-28-10-8-11-29-59)91(69(56-63)60-30-12-9-13-31-60)99-84-57-64(97-80-41-23-18-36-72(80)93(4,5)73-37-19-24-42-81(73)97)47-49-78(84)96-79-50-48-65(98-82-43-25-20-38-74(82)94(6,7)75-39-21-26-44-83(75)98)58-88(79)101-89-54-62(53-85(99)90(89)96)61-46-51-87-77(52-61)95(76-40-22-27-45-86(76)100-87)70-34-16-14-32-66(70)67-33-15-17-35-71(67)95/h8-58H,1-7H3. The fourth-order valence-corrected chi connectivity index (χ4v) is 18.3. The number of hydrogen-bond acceptors (Lipinski definition) is 5. The van der Waals surface area contributed by atoms with Crippen molar-refractivity contribution in [3.8, 4) is 67.5 Å². The molecule has 0 aromatic heterocycles. The zero-order chi connectivity index (χ0) is 67.8. The molecule has 20 rings (SSSR count). The molecule has 0 N–H and O–H groups in total. The summed E-state index contributed by atoms with van der Waals surface area (Å²) in [7, 11) is 0. The molecule has 5 nitrogen and oxygen atoms in total. The van der Waals surface area contributed by atoms with Gasteiger partial charge in [0.25, 0.3) is 6.71 Å². The molecule has 5 aliphatic heterocycles. The number of benzene rings is 14. The van der Waals surface area contributed by atoms with Crippen LogP contribution in [0, 0.1) is 0 Å². The summed E-state index contributed by atoms with van der Waals surface area (Å²) in [5.41, 5.74) is 32.2. The molecule has 482 valence electrons. The minimum atomic E-state index is -0.681. The number of rotatable bonds is 6. The van der Waals surface area contributed by atoms with Crippen LogP contribution in [-0.4, -0.2) is 6.71 Å². The first-order valence-corrected chi connectivity index (χ1v) is 35.6. The van der Waals surface area contributed by atoms with E-state index in [2.05, 4.69) is 373 Å². The van der Waals surface area contributed by atoms with E-state index < -0.39 is 5.41 Å². The van der Waals surface area contributed by atoms with Gasteiger partial charge < -0.3 is 24.2 Å². The molecule has 0 atom stereocenters. The van der Waals surface area contributed by atoms with Gasteiger partial charge in [-0.2, -0.15) is 0 Å². The third-order valence-electron chi connectivity index (χ3n) is 23.1. The van der Waals surface area contributed by atoms with Crippen LogP contribution < -0.4 is 40.6 Å². The van der Waals surface area contributed by atoms with Gasteiger partial charge >= 0.3 is 0 Å². The normalized spacial score (nSPS) is 15.2. The summed E-state index contributed by atoms with van der Waals surface area (Å²) in [4.78, 5) is 7.62. The molecule has 0 fully saturated rings. The van der Waals surface area contributed by atoms with Gasteiger partial charge in [0.05, 0.1) is 33.9 Å². The summed E-state index contributed by atoms with van der Waals surface area (Å²) in [5, 5.41) is 0. The lowest BCUT2D eigenvalue weighted by atomic mass is 9.34. The first-order valence-electron chi connectivity index (χ1n) is 35.6. The number of anilines is 9. The summed E-state index contributed by atoms with van der Waals surface area (Å²) < 4.78 is 15.0. The van der Waals surface area contributed by atoms with E-state index in [1.807, 2.05) is 0 Å². The van der Waals surface area contributed by atoms with Gasteiger partial charge in [-0.05, 0) is 179 Å². The number of nitrogens with zero attached hydrogens (tertiary/aromatic N) is 3. The Balaban J connectivity index is 0.897. The smallest absolute Gasteiger partial charge is 0.256 e. The Bertz CT molecular complexity index is 5620. The summed E-state index contributed by atoms with van der Waals surface area (Å²) in [6.07, 6.45) is 0. The van der Waals surface area contributed by atoms with Crippen molar-refractivity contribution >= 4 is 74.3 Å².